The average molecular weight is 573 g/mol. The predicted molar refractivity (Wildman–Crippen MR) is 158 cm³/mol. The van der Waals surface area contributed by atoms with Crippen LogP contribution in [0.15, 0.2) is 54.7 Å². The van der Waals surface area contributed by atoms with E-state index in [9.17, 15) is 18.4 Å². The van der Waals surface area contributed by atoms with E-state index >= 15 is 0 Å². The van der Waals surface area contributed by atoms with Crippen LogP contribution >= 0.6 is 11.6 Å². The van der Waals surface area contributed by atoms with Crippen molar-refractivity contribution in [3.8, 4) is 11.1 Å². The Hall–Kier alpha value is -4.30. The van der Waals surface area contributed by atoms with Gasteiger partial charge in [-0.05, 0) is 61.6 Å². The molecule has 6 rings (SSSR count). The van der Waals surface area contributed by atoms with Crippen molar-refractivity contribution in [3.63, 3.8) is 0 Å². The zero-order chi connectivity index (χ0) is 29.0. The highest BCUT2D eigenvalue weighted by Gasteiger charge is 2.26. The molecule has 9 heteroatoms. The van der Waals surface area contributed by atoms with Crippen LogP contribution in [0.4, 0.5) is 14.5 Å². The van der Waals surface area contributed by atoms with Crippen LogP contribution < -0.4 is 5.32 Å². The van der Waals surface area contributed by atoms with Crippen molar-refractivity contribution < 1.29 is 18.4 Å². The minimum Gasteiger partial charge on any atom is -0.346 e. The lowest BCUT2D eigenvalue weighted by Crippen LogP contribution is -2.12. The van der Waals surface area contributed by atoms with Crippen LogP contribution in [0.2, 0.25) is 0 Å². The number of halogens is 3. The Labute approximate surface area is 240 Å². The molecule has 0 spiro atoms. The van der Waals surface area contributed by atoms with Gasteiger partial charge in [0.05, 0.1) is 16.6 Å². The lowest BCUT2D eigenvalue weighted by molar-refractivity contribution is -0.112. The summed E-state index contributed by atoms with van der Waals surface area (Å²) in [7, 11) is 2.02. The maximum atomic E-state index is 14.9. The van der Waals surface area contributed by atoms with Gasteiger partial charge in [0, 0.05) is 53.8 Å². The first kappa shape index (κ1) is 26.9. The topological polar surface area (TPSA) is 68.9 Å². The number of carbonyl (C=O) groups is 2. The van der Waals surface area contributed by atoms with Crippen LogP contribution in [0.1, 0.15) is 39.3 Å². The van der Waals surface area contributed by atoms with Crippen LogP contribution in [0.3, 0.4) is 0 Å². The monoisotopic (exact) mass is 572 g/mol. The largest absolute Gasteiger partial charge is 0.346 e. The molecule has 208 valence electrons. The van der Waals surface area contributed by atoms with Crippen LogP contribution in [-0.4, -0.2) is 31.7 Å². The van der Waals surface area contributed by atoms with Gasteiger partial charge in [-0.3, -0.25) is 9.59 Å². The number of aryl methyl sites for hydroxylation is 5. The molecule has 1 amide bonds. The maximum absolute atomic E-state index is 14.9. The minimum atomic E-state index is -1.04. The lowest BCUT2D eigenvalue weighted by Gasteiger charge is -2.20. The molecular formula is C32H27ClF2N4O2. The van der Waals surface area contributed by atoms with Crippen molar-refractivity contribution >= 4 is 50.9 Å². The summed E-state index contributed by atoms with van der Waals surface area (Å²) in [4.78, 5) is 30.5. The van der Waals surface area contributed by atoms with E-state index in [0.717, 1.165) is 70.1 Å². The molecular weight excluding hydrogens is 546 g/mol. The molecule has 1 aliphatic heterocycles. The number of alkyl halides is 1. The summed E-state index contributed by atoms with van der Waals surface area (Å²) in [5.74, 6) is -2.28. The van der Waals surface area contributed by atoms with E-state index in [1.165, 1.54) is 11.6 Å². The SMILES string of the molecule is Cc1cc2c(nc(C)n2C)c2c1-c1cccc3c(C(=O)c4cc(F)c(NC(=O)/C=C/CCl)c(F)c4)cn(c13)CCC2. The molecule has 41 heavy (non-hydrogen) atoms. The molecule has 0 fully saturated rings. The lowest BCUT2D eigenvalue weighted by atomic mass is 9.89. The third kappa shape index (κ3) is 4.43. The summed E-state index contributed by atoms with van der Waals surface area (Å²) in [6.45, 7) is 4.77. The average Bonchev–Trinajstić information content (AvgIpc) is 3.44. The molecule has 3 aromatic carbocycles. The molecule has 1 N–H and O–H groups in total. The number of ketones is 1. The highest BCUT2D eigenvalue weighted by molar-refractivity contribution is 6.19. The Kier molecular flexibility index (Phi) is 6.74. The number of nitrogens with zero attached hydrogens (tertiary/aromatic N) is 3. The molecule has 5 aromatic rings. The Morgan fingerprint density at radius 1 is 1.15 bits per heavy atom. The Morgan fingerprint density at radius 2 is 1.90 bits per heavy atom. The second-order valence-corrected chi connectivity index (χ2v) is 10.7. The van der Waals surface area contributed by atoms with Gasteiger partial charge in [0.15, 0.2) is 5.78 Å². The summed E-state index contributed by atoms with van der Waals surface area (Å²) in [5, 5.41) is 2.88. The third-order valence-corrected chi connectivity index (χ3v) is 8.03. The number of benzene rings is 3. The first-order valence-electron chi connectivity index (χ1n) is 13.3. The molecule has 3 heterocycles. The predicted octanol–water partition coefficient (Wildman–Crippen LogP) is 7.00. The Morgan fingerprint density at radius 3 is 2.63 bits per heavy atom. The molecule has 0 unspecified atom stereocenters. The molecule has 0 saturated carbocycles. The highest BCUT2D eigenvalue weighted by Crippen LogP contribution is 2.41. The van der Waals surface area contributed by atoms with Gasteiger partial charge in [-0.1, -0.05) is 24.3 Å². The second-order valence-electron chi connectivity index (χ2n) is 10.4. The molecule has 0 radical (unpaired) electrons. The van der Waals surface area contributed by atoms with Crippen LogP contribution in [0, 0.1) is 25.5 Å². The van der Waals surface area contributed by atoms with E-state index in [-0.39, 0.29) is 11.4 Å². The molecule has 0 aliphatic carbocycles. The molecule has 0 bridgehead atoms. The van der Waals surface area contributed by atoms with Gasteiger partial charge >= 0.3 is 0 Å². The van der Waals surface area contributed by atoms with Gasteiger partial charge in [0.2, 0.25) is 5.91 Å². The molecule has 0 saturated heterocycles. The summed E-state index contributed by atoms with van der Waals surface area (Å²) in [5.41, 5.74) is 7.01. The third-order valence-electron chi connectivity index (χ3n) is 7.85. The zero-order valence-electron chi connectivity index (χ0n) is 22.8. The quantitative estimate of drug-likeness (QED) is 0.140. The van der Waals surface area contributed by atoms with Gasteiger partial charge in [-0.2, -0.15) is 0 Å². The number of allylic oxidation sites excluding steroid dienone is 1. The van der Waals surface area contributed by atoms with Gasteiger partial charge in [-0.25, -0.2) is 13.8 Å². The van der Waals surface area contributed by atoms with Crippen molar-refractivity contribution in [2.45, 2.75) is 33.2 Å². The minimum absolute atomic E-state index is 0.0828. The fourth-order valence-corrected chi connectivity index (χ4v) is 6.00. The first-order chi connectivity index (χ1) is 19.7. The standard InChI is InChI=1S/C32H27ClF2N4O2/c1-17-13-26-29(36-18(2)38(26)3)21-9-6-12-39-16-23(20-7-4-8-22(28(17)21)31(20)39)32(41)19-14-24(34)30(25(35)15-19)37-27(40)10-5-11-33/h4-5,7-8,10,13-16H,6,9,11-12H2,1-3H3,(H,37,40)/b10-5+. The van der Waals surface area contributed by atoms with E-state index in [1.54, 1.807) is 6.20 Å². The van der Waals surface area contributed by atoms with E-state index < -0.39 is 29.0 Å². The zero-order valence-corrected chi connectivity index (χ0v) is 23.6. The van der Waals surface area contributed by atoms with E-state index in [2.05, 4.69) is 33.5 Å². The van der Waals surface area contributed by atoms with Crippen LogP contribution in [0.25, 0.3) is 33.1 Å². The van der Waals surface area contributed by atoms with Crippen LogP contribution in [0.5, 0.6) is 0 Å². The number of hydrogen-bond donors (Lipinski definition) is 1. The smallest absolute Gasteiger partial charge is 0.248 e. The van der Waals surface area contributed by atoms with Gasteiger partial charge in [0.1, 0.15) is 23.1 Å². The van der Waals surface area contributed by atoms with Crippen molar-refractivity contribution in [3.05, 3.63) is 94.5 Å². The number of imidazole rings is 1. The molecule has 6 nitrogen and oxygen atoms in total. The molecule has 1 aliphatic rings. The number of fused-ring (bicyclic) bond motifs is 4. The fourth-order valence-electron chi connectivity index (χ4n) is 5.91. The normalized spacial score (nSPS) is 13.0. The second kappa shape index (κ2) is 10.3. The first-order valence-corrected chi connectivity index (χ1v) is 13.9. The Bertz CT molecular complexity index is 1910. The van der Waals surface area contributed by atoms with Crippen molar-refractivity contribution in [1.82, 2.24) is 14.1 Å². The highest BCUT2D eigenvalue weighted by atomic mass is 35.5. The van der Waals surface area contributed by atoms with Gasteiger partial charge < -0.3 is 14.5 Å². The van der Waals surface area contributed by atoms with Gasteiger partial charge in [-0.15, -0.1) is 11.6 Å². The number of para-hydroxylation sites is 1. The number of hydrogen-bond acceptors (Lipinski definition) is 3. The number of rotatable bonds is 5. The number of amides is 1. The van der Waals surface area contributed by atoms with Gasteiger partial charge in [0.25, 0.3) is 0 Å². The van der Waals surface area contributed by atoms with E-state index in [0.29, 0.717) is 17.5 Å². The fraction of sp³-hybridized carbons (Fsp3) is 0.219. The van der Waals surface area contributed by atoms with Crippen molar-refractivity contribution in [1.29, 1.82) is 0 Å². The molecule has 0 atom stereocenters. The summed E-state index contributed by atoms with van der Waals surface area (Å²) in [6.07, 6.45) is 5.88. The summed E-state index contributed by atoms with van der Waals surface area (Å²) in [6, 6.07) is 9.90. The van der Waals surface area contributed by atoms with Crippen LogP contribution in [-0.2, 0) is 24.8 Å². The van der Waals surface area contributed by atoms with E-state index in [1.807, 2.05) is 26.1 Å². The maximum Gasteiger partial charge on any atom is 0.248 e. The number of aromatic nitrogens is 3. The number of anilines is 1. The summed E-state index contributed by atoms with van der Waals surface area (Å²) < 4.78 is 34.0. The molecule has 2 aromatic heterocycles. The summed E-state index contributed by atoms with van der Waals surface area (Å²) >= 11 is 5.51. The van der Waals surface area contributed by atoms with Crippen molar-refractivity contribution in [2.75, 3.05) is 11.2 Å². The van der Waals surface area contributed by atoms with Crippen molar-refractivity contribution in [2.24, 2.45) is 7.05 Å². The van der Waals surface area contributed by atoms with E-state index in [4.69, 9.17) is 16.6 Å². The Balaban J connectivity index is 1.47. The number of carbonyl (C=O) groups excluding carboxylic acids is 2. The number of nitrogens with one attached hydrogen (secondary N) is 1.